The molecule has 0 spiro atoms. The van der Waals surface area contributed by atoms with E-state index in [0.717, 1.165) is 16.1 Å². The van der Waals surface area contributed by atoms with E-state index in [2.05, 4.69) is 17.4 Å². The Morgan fingerprint density at radius 1 is 1.27 bits per heavy atom. The van der Waals surface area contributed by atoms with Gasteiger partial charge in [0.1, 0.15) is 5.69 Å². The summed E-state index contributed by atoms with van der Waals surface area (Å²) in [5.41, 5.74) is 2.99. The highest BCUT2D eigenvalue weighted by atomic mass is 32.1. The molecule has 0 aliphatic carbocycles. The number of amides is 1. The molecule has 0 aliphatic rings. The largest absolute Gasteiger partial charge is 0.383 e. The highest BCUT2D eigenvalue weighted by Gasteiger charge is 2.11. The van der Waals surface area contributed by atoms with Gasteiger partial charge < -0.3 is 10.1 Å². The summed E-state index contributed by atoms with van der Waals surface area (Å²) in [7, 11) is 1.61. The molecule has 0 radical (unpaired) electrons. The van der Waals surface area contributed by atoms with Gasteiger partial charge in [-0.2, -0.15) is 5.10 Å². The summed E-state index contributed by atoms with van der Waals surface area (Å²) in [6.45, 7) is 1.67. The van der Waals surface area contributed by atoms with Crippen LogP contribution < -0.4 is 5.32 Å². The fourth-order valence-corrected chi connectivity index (χ4v) is 3.25. The van der Waals surface area contributed by atoms with E-state index in [9.17, 15) is 4.79 Å². The summed E-state index contributed by atoms with van der Waals surface area (Å²) in [5, 5.41) is 9.53. The van der Waals surface area contributed by atoms with Crippen molar-refractivity contribution in [2.45, 2.75) is 6.54 Å². The van der Waals surface area contributed by atoms with Gasteiger partial charge in [0.25, 0.3) is 0 Å². The molecule has 134 valence electrons. The molecule has 2 heterocycles. The normalized spacial score (nSPS) is 11.1. The van der Waals surface area contributed by atoms with Crippen molar-refractivity contribution < 1.29 is 9.53 Å². The van der Waals surface area contributed by atoms with Crippen LogP contribution in [0.4, 0.5) is 0 Å². The van der Waals surface area contributed by atoms with Gasteiger partial charge >= 0.3 is 0 Å². The van der Waals surface area contributed by atoms with E-state index in [0.29, 0.717) is 19.7 Å². The zero-order chi connectivity index (χ0) is 18.2. The number of benzene rings is 1. The number of nitrogens with zero attached hydrogens (tertiary/aromatic N) is 2. The van der Waals surface area contributed by atoms with Gasteiger partial charge in [-0.3, -0.25) is 9.48 Å². The van der Waals surface area contributed by atoms with Gasteiger partial charge in [0.2, 0.25) is 5.91 Å². The van der Waals surface area contributed by atoms with E-state index in [1.807, 2.05) is 52.7 Å². The topological polar surface area (TPSA) is 56.1 Å². The fraction of sp³-hybridized carbons (Fsp3) is 0.200. The molecule has 0 saturated carbocycles. The zero-order valence-electron chi connectivity index (χ0n) is 14.6. The van der Waals surface area contributed by atoms with Gasteiger partial charge in [0.15, 0.2) is 0 Å². The van der Waals surface area contributed by atoms with Crippen LogP contribution in [0.2, 0.25) is 0 Å². The minimum absolute atomic E-state index is 0.144. The molecule has 0 aliphatic heterocycles. The van der Waals surface area contributed by atoms with Crippen LogP contribution in [0.25, 0.3) is 16.6 Å². The van der Waals surface area contributed by atoms with Crippen molar-refractivity contribution in [2.24, 2.45) is 0 Å². The Morgan fingerprint density at radius 3 is 2.85 bits per heavy atom. The van der Waals surface area contributed by atoms with Crippen LogP contribution in [0.15, 0.2) is 60.1 Å². The molecule has 26 heavy (non-hydrogen) atoms. The maximum atomic E-state index is 11.9. The van der Waals surface area contributed by atoms with Crippen LogP contribution in [0, 0.1) is 0 Å². The molecule has 1 aromatic carbocycles. The van der Waals surface area contributed by atoms with Crippen molar-refractivity contribution in [1.29, 1.82) is 0 Å². The maximum absolute atomic E-state index is 11.9. The Kier molecular flexibility index (Phi) is 6.35. The first-order valence-electron chi connectivity index (χ1n) is 8.36. The van der Waals surface area contributed by atoms with Crippen molar-refractivity contribution in [3.8, 4) is 10.6 Å². The third-order valence-corrected chi connectivity index (χ3v) is 4.63. The Hall–Kier alpha value is -2.70. The number of nitrogens with one attached hydrogen (secondary N) is 1. The Balaban J connectivity index is 1.80. The molecule has 0 saturated heterocycles. The van der Waals surface area contributed by atoms with E-state index in [1.54, 1.807) is 18.4 Å². The molecule has 2 aromatic heterocycles. The zero-order valence-corrected chi connectivity index (χ0v) is 15.4. The SMILES string of the molecule is COCCNC(=O)/C=C/c1cn(Cc2ccccc2)nc1-c1cccs1. The molecule has 0 atom stereocenters. The number of hydrogen-bond donors (Lipinski definition) is 1. The van der Waals surface area contributed by atoms with Crippen molar-refractivity contribution in [1.82, 2.24) is 15.1 Å². The first kappa shape index (κ1) is 18.1. The lowest BCUT2D eigenvalue weighted by Crippen LogP contribution is -2.24. The highest BCUT2D eigenvalue weighted by molar-refractivity contribution is 7.13. The Bertz CT molecular complexity index is 855. The molecule has 1 amide bonds. The Morgan fingerprint density at radius 2 is 2.12 bits per heavy atom. The quantitative estimate of drug-likeness (QED) is 0.490. The van der Waals surface area contributed by atoms with Gasteiger partial charge in [-0.05, 0) is 23.1 Å². The van der Waals surface area contributed by atoms with Gasteiger partial charge in [-0.1, -0.05) is 36.4 Å². The molecular formula is C20H21N3O2S. The summed E-state index contributed by atoms with van der Waals surface area (Å²) in [5.74, 6) is -0.144. The molecule has 6 heteroatoms. The van der Waals surface area contributed by atoms with Gasteiger partial charge in [0.05, 0.1) is 18.0 Å². The molecule has 1 N–H and O–H groups in total. The van der Waals surface area contributed by atoms with E-state index >= 15 is 0 Å². The second-order valence-electron chi connectivity index (χ2n) is 5.71. The first-order chi connectivity index (χ1) is 12.8. The van der Waals surface area contributed by atoms with Crippen LogP contribution in [0.3, 0.4) is 0 Å². The fourth-order valence-electron chi connectivity index (χ4n) is 2.52. The average Bonchev–Trinajstić information content (AvgIpc) is 3.30. The van der Waals surface area contributed by atoms with Crippen LogP contribution in [-0.4, -0.2) is 35.9 Å². The Labute approximate surface area is 156 Å². The number of aromatic nitrogens is 2. The second kappa shape index (κ2) is 9.12. The van der Waals surface area contributed by atoms with Crippen molar-refractivity contribution in [3.05, 3.63) is 71.2 Å². The van der Waals surface area contributed by atoms with Gasteiger partial charge in [0, 0.05) is 31.5 Å². The number of thiophene rings is 1. The summed E-state index contributed by atoms with van der Waals surface area (Å²) in [4.78, 5) is 13.0. The minimum Gasteiger partial charge on any atom is -0.383 e. The standard InChI is InChI=1S/C20H21N3O2S/c1-25-12-11-21-19(24)10-9-17-15-23(14-16-6-3-2-4-7-16)22-20(17)18-8-5-13-26-18/h2-10,13,15H,11-12,14H2,1H3,(H,21,24)/b10-9+. The third-order valence-electron chi connectivity index (χ3n) is 3.75. The molecule has 3 rings (SSSR count). The van der Waals surface area contributed by atoms with Crippen LogP contribution in [-0.2, 0) is 16.1 Å². The van der Waals surface area contributed by atoms with Crippen LogP contribution >= 0.6 is 11.3 Å². The molecule has 3 aromatic rings. The van der Waals surface area contributed by atoms with Gasteiger partial charge in [-0.25, -0.2) is 0 Å². The predicted octanol–water partition coefficient (Wildman–Crippen LogP) is 3.44. The van der Waals surface area contributed by atoms with E-state index in [-0.39, 0.29) is 5.91 Å². The lowest BCUT2D eigenvalue weighted by molar-refractivity contribution is -0.116. The summed E-state index contributed by atoms with van der Waals surface area (Å²) in [6, 6.07) is 14.2. The van der Waals surface area contributed by atoms with Crippen LogP contribution in [0.5, 0.6) is 0 Å². The molecular weight excluding hydrogens is 346 g/mol. The molecule has 0 bridgehead atoms. The van der Waals surface area contributed by atoms with Crippen molar-refractivity contribution in [2.75, 3.05) is 20.3 Å². The van der Waals surface area contributed by atoms with E-state index < -0.39 is 0 Å². The number of rotatable bonds is 8. The predicted molar refractivity (Wildman–Crippen MR) is 105 cm³/mol. The maximum Gasteiger partial charge on any atom is 0.244 e. The molecule has 0 unspecified atom stereocenters. The van der Waals surface area contributed by atoms with Crippen molar-refractivity contribution in [3.63, 3.8) is 0 Å². The summed E-state index contributed by atoms with van der Waals surface area (Å²) >= 11 is 1.63. The van der Waals surface area contributed by atoms with Crippen molar-refractivity contribution >= 4 is 23.3 Å². The number of carbonyl (C=O) groups excluding carboxylic acids is 1. The number of hydrogen-bond acceptors (Lipinski definition) is 4. The summed E-state index contributed by atoms with van der Waals surface area (Å²) in [6.07, 6.45) is 5.32. The number of carbonyl (C=O) groups is 1. The lowest BCUT2D eigenvalue weighted by Gasteiger charge is -2.00. The smallest absolute Gasteiger partial charge is 0.244 e. The van der Waals surface area contributed by atoms with Crippen LogP contribution in [0.1, 0.15) is 11.1 Å². The van der Waals surface area contributed by atoms with Gasteiger partial charge in [-0.15, -0.1) is 11.3 Å². The minimum atomic E-state index is -0.144. The second-order valence-corrected chi connectivity index (χ2v) is 6.66. The number of ether oxygens (including phenoxy) is 1. The summed E-state index contributed by atoms with van der Waals surface area (Å²) < 4.78 is 6.84. The van der Waals surface area contributed by atoms with E-state index in [4.69, 9.17) is 9.84 Å². The molecule has 5 nitrogen and oxygen atoms in total. The monoisotopic (exact) mass is 367 g/mol. The molecule has 0 fully saturated rings. The van der Waals surface area contributed by atoms with E-state index in [1.165, 1.54) is 11.6 Å². The number of methoxy groups -OCH3 is 1. The average molecular weight is 367 g/mol. The first-order valence-corrected chi connectivity index (χ1v) is 9.24. The third kappa shape index (κ3) is 4.91. The lowest BCUT2D eigenvalue weighted by atomic mass is 10.2. The highest BCUT2D eigenvalue weighted by Crippen LogP contribution is 2.27.